The van der Waals surface area contributed by atoms with Gasteiger partial charge in [0.05, 0.1) is 11.4 Å². The molecule has 0 saturated carbocycles. The summed E-state index contributed by atoms with van der Waals surface area (Å²) in [5.41, 5.74) is 6.14. The number of piperazine rings is 1. The summed E-state index contributed by atoms with van der Waals surface area (Å²) >= 11 is 1.59. The molecular formula is C13H14F2N4S. The smallest absolute Gasteiger partial charge is 0.185 e. The van der Waals surface area contributed by atoms with E-state index in [0.717, 1.165) is 24.3 Å². The molecule has 1 aromatic heterocycles. The van der Waals surface area contributed by atoms with Crippen molar-refractivity contribution in [2.24, 2.45) is 0 Å². The van der Waals surface area contributed by atoms with Crippen LogP contribution >= 0.6 is 11.3 Å². The summed E-state index contributed by atoms with van der Waals surface area (Å²) < 4.78 is 26.8. The van der Waals surface area contributed by atoms with Crippen molar-refractivity contribution < 1.29 is 8.78 Å². The predicted octanol–water partition coefficient (Wildman–Crippen LogP) is 2.33. The SMILES string of the molecule is Nc1c(F)cc(F)cc1N1CCN(c2nccs2)CC1. The molecule has 7 heteroatoms. The van der Waals surface area contributed by atoms with E-state index in [9.17, 15) is 8.78 Å². The summed E-state index contributed by atoms with van der Waals surface area (Å²) in [6, 6.07) is 2.10. The minimum absolute atomic E-state index is 0.00842. The Bertz CT molecular complexity index is 595. The summed E-state index contributed by atoms with van der Waals surface area (Å²) in [4.78, 5) is 8.33. The van der Waals surface area contributed by atoms with E-state index < -0.39 is 11.6 Å². The Balaban J connectivity index is 1.75. The second kappa shape index (κ2) is 5.24. The van der Waals surface area contributed by atoms with Crippen molar-refractivity contribution >= 4 is 27.8 Å². The number of benzene rings is 1. The normalized spacial score (nSPS) is 15.7. The van der Waals surface area contributed by atoms with Gasteiger partial charge in [-0.25, -0.2) is 13.8 Å². The number of nitrogen functional groups attached to an aromatic ring is 1. The molecule has 1 fully saturated rings. The van der Waals surface area contributed by atoms with Gasteiger partial charge in [0.25, 0.3) is 0 Å². The van der Waals surface area contributed by atoms with Gasteiger partial charge in [-0.3, -0.25) is 0 Å². The van der Waals surface area contributed by atoms with E-state index in [2.05, 4.69) is 9.88 Å². The zero-order valence-electron chi connectivity index (χ0n) is 10.7. The second-order valence-corrected chi connectivity index (χ2v) is 5.48. The molecule has 1 aliphatic rings. The van der Waals surface area contributed by atoms with Gasteiger partial charge in [-0.1, -0.05) is 0 Å². The number of anilines is 3. The first-order chi connectivity index (χ1) is 9.65. The van der Waals surface area contributed by atoms with Gasteiger partial charge in [-0.05, 0) is 6.07 Å². The molecule has 20 heavy (non-hydrogen) atoms. The number of thiazole rings is 1. The van der Waals surface area contributed by atoms with Gasteiger partial charge < -0.3 is 15.5 Å². The lowest BCUT2D eigenvalue weighted by molar-refractivity contribution is 0.582. The number of nitrogens with two attached hydrogens (primary N) is 1. The van der Waals surface area contributed by atoms with Crippen molar-refractivity contribution in [2.75, 3.05) is 41.7 Å². The van der Waals surface area contributed by atoms with Crippen LogP contribution in [-0.4, -0.2) is 31.2 Å². The van der Waals surface area contributed by atoms with Crippen LogP contribution in [0.4, 0.5) is 25.3 Å². The molecule has 1 aromatic carbocycles. The summed E-state index contributed by atoms with van der Waals surface area (Å²) in [7, 11) is 0. The highest BCUT2D eigenvalue weighted by atomic mass is 32.1. The van der Waals surface area contributed by atoms with Crippen LogP contribution in [0.25, 0.3) is 0 Å². The molecule has 0 atom stereocenters. The molecule has 2 heterocycles. The highest BCUT2D eigenvalue weighted by Crippen LogP contribution is 2.29. The molecule has 0 spiro atoms. The van der Waals surface area contributed by atoms with Crippen molar-refractivity contribution in [1.29, 1.82) is 0 Å². The van der Waals surface area contributed by atoms with Crippen LogP contribution in [0.1, 0.15) is 0 Å². The van der Waals surface area contributed by atoms with E-state index >= 15 is 0 Å². The number of halogens is 2. The first-order valence-corrected chi connectivity index (χ1v) is 7.17. The van der Waals surface area contributed by atoms with E-state index in [-0.39, 0.29) is 5.69 Å². The Hall–Kier alpha value is -1.89. The fraction of sp³-hybridized carbons (Fsp3) is 0.308. The van der Waals surface area contributed by atoms with Crippen LogP contribution < -0.4 is 15.5 Å². The average Bonchev–Trinajstić information content (AvgIpc) is 2.97. The number of rotatable bonds is 2. The summed E-state index contributed by atoms with van der Waals surface area (Å²) in [5.74, 6) is -1.31. The number of aromatic nitrogens is 1. The minimum atomic E-state index is -0.706. The summed E-state index contributed by atoms with van der Waals surface area (Å²) in [6.07, 6.45) is 1.77. The van der Waals surface area contributed by atoms with E-state index in [0.29, 0.717) is 18.8 Å². The Labute approximate surface area is 119 Å². The lowest BCUT2D eigenvalue weighted by atomic mass is 10.2. The third-order valence-corrected chi connectivity index (χ3v) is 4.21. The quantitative estimate of drug-likeness (QED) is 0.864. The van der Waals surface area contributed by atoms with Gasteiger partial charge in [0, 0.05) is 43.8 Å². The van der Waals surface area contributed by atoms with E-state index in [1.54, 1.807) is 17.5 Å². The van der Waals surface area contributed by atoms with Gasteiger partial charge in [0.2, 0.25) is 0 Å². The zero-order valence-corrected chi connectivity index (χ0v) is 11.5. The summed E-state index contributed by atoms with van der Waals surface area (Å²) in [6.45, 7) is 2.83. The molecule has 2 N–H and O–H groups in total. The molecule has 0 amide bonds. The average molecular weight is 296 g/mol. The fourth-order valence-corrected chi connectivity index (χ4v) is 3.04. The first-order valence-electron chi connectivity index (χ1n) is 6.29. The fourth-order valence-electron chi connectivity index (χ4n) is 2.34. The van der Waals surface area contributed by atoms with E-state index in [4.69, 9.17) is 5.73 Å². The van der Waals surface area contributed by atoms with Crippen molar-refractivity contribution in [2.45, 2.75) is 0 Å². The zero-order chi connectivity index (χ0) is 14.1. The third-order valence-electron chi connectivity index (χ3n) is 3.38. The molecule has 0 bridgehead atoms. The molecule has 0 radical (unpaired) electrons. The molecule has 2 aromatic rings. The number of hydrogen-bond acceptors (Lipinski definition) is 5. The van der Waals surface area contributed by atoms with Crippen molar-refractivity contribution in [3.8, 4) is 0 Å². The van der Waals surface area contributed by atoms with Gasteiger partial charge in [0.1, 0.15) is 5.82 Å². The molecule has 3 rings (SSSR count). The van der Waals surface area contributed by atoms with Crippen LogP contribution in [0.3, 0.4) is 0 Å². The van der Waals surface area contributed by atoms with Crippen LogP contribution in [0.5, 0.6) is 0 Å². The predicted molar refractivity (Wildman–Crippen MR) is 77.3 cm³/mol. The molecule has 1 aliphatic heterocycles. The van der Waals surface area contributed by atoms with Crippen molar-refractivity contribution in [3.05, 3.63) is 35.3 Å². The van der Waals surface area contributed by atoms with E-state index in [1.165, 1.54) is 6.07 Å². The maximum Gasteiger partial charge on any atom is 0.185 e. The Kier molecular flexibility index (Phi) is 3.43. The lowest BCUT2D eigenvalue weighted by Gasteiger charge is -2.36. The topological polar surface area (TPSA) is 45.4 Å². The summed E-state index contributed by atoms with van der Waals surface area (Å²) in [5, 5.41) is 2.91. The maximum atomic E-state index is 13.5. The monoisotopic (exact) mass is 296 g/mol. The molecule has 1 saturated heterocycles. The highest BCUT2D eigenvalue weighted by Gasteiger charge is 2.21. The van der Waals surface area contributed by atoms with Gasteiger partial charge >= 0.3 is 0 Å². The van der Waals surface area contributed by atoms with Gasteiger partial charge in [0.15, 0.2) is 10.9 Å². The largest absolute Gasteiger partial charge is 0.395 e. The number of hydrogen-bond donors (Lipinski definition) is 1. The second-order valence-electron chi connectivity index (χ2n) is 4.61. The van der Waals surface area contributed by atoms with Crippen LogP contribution in [0.15, 0.2) is 23.7 Å². The van der Waals surface area contributed by atoms with Gasteiger partial charge in [-0.15, -0.1) is 11.3 Å². The molecular weight excluding hydrogens is 282 g/mol. The molecule has 106 valence electrons. The van der Waals surface area contributed by atoms with Crippen LogP contribution in [0, 0.1) is 11.6 Å². The van der Waals surface area contributed by atoms with Gasteiger partial charge in [-0.2, -0.15) is 0 Å². The Morgan fingerprint density at radius 2 is 1.80 bits per heavy atom. The standard InChI is InChI=1S/C13H14F2N4S/c14-9-7-10(15)12(16)11(8-9)18-2-4-19(5-3-18)13-17-1-6-20-13/h1,6-8H,2-5,16H2. The minimum Gasteiger partial charge on any atom is -0.395 e. The lowest BCUT2D eigenvalue weighted by Crippen LogP contribution is -2.46. The third kappa shape index (κ3) is 2.40. The highest BCUT2D eigenvalue weighted by molar-refractivity contribution is 7.13. The van der Waals surface area contributed by atoms with Crippen LogP contribution in [0.2, 0.25) is 0 Å². The molecule has 0 unspecified atom stereocenters. The van der Waals surface area contributed by atoms with Crippen molar-refractivity contribution in [1.82, 2.24) is 4.98 Å². The molecule has 4 nitrogen and oxygen atoms in total. The van der Waals surface area contributed by atoms with Crippen molar-refractivity contribution in [3.63, 3.8) is 0 Å². The molecule has 0 aliphatic carbocycles. The van der Waals surface area contributed by atoms with E-state index in [1.807, 2.05) is 10.3 Å². The first kappa shape index (κ1) is 13.1. The Morgan fingerprint density at radius 3 is 2.45 bits per heavy atom. The Morgan fingerprint density at radius 1 is 1.10 bits per heavy atom. The van der Waals surface area contributed by atoms with Crippen LogP contribution in [-0.2, 0) is 0 Å². The number of nitrogens with zero attached hydrogens (tertiary/aromatic N) is 3. The maximum absolute atomic E-state index is 13.5.